The van der Waals surface area contributed by atoms with Gasteiger partial charge in [0.2, 0.25) is 17.7 Å². The number of aliphatic imine (C=N–C) groups is 1. The van der Waals surface area contributed by atoms with Crippen LogP contribution in [0.15, 0.2) is 65.7 Å². The Bertz CT molecular complexity index is 1300. The van der Waals surface area contributed by atoms with Crippen molar-refractivity contribution in [3.8, 4) is 5.75 Å². The van der Waals surface area contributed by atoms with Crippen LogP contribution >= 0.6 is 0 Å². The molecule has 0 aliphatic rings. The molecule has 0 aromatic heterocycles. The molecule has 9 N–H and O–H groups in total. The van der Waals surface area contributed by atoms with Crippen molar-refractivity contribution < 1.29 is 33.8 Å². The first-order valence-electron chi connectivity index (χ1n) is 14.6. The normalized spacial score (nSPS) is 13.3. The van der Waals surface area contributed by atoms with Gasteiger partial charge in [-0.2, -0.15) is 0 Å². The maximum Gasteiger partial charge on any atom is 0.413 e. The lowest BCUT2D eigenvalue weighted by atomic mass is 10.00. The third kappa shape index (κ3) is 13.8. The van der Waals surface area contributed by atoms with Gasteiger partial charge in [-0.3, -0.25) is 19.4 Å². The van der Waals surface area contributed by atoms with Crippen LogP contribution in [0.5, 0.6) is 5.75 Å². The average Bonchev–Trinajstić information content (AvgIpc) is 2.98. The van der Waals surface area contributed by atoms with Crippen molar-refractivity contribution in [3.63, 3.8) is 0 Å². The van der Waals surface area contributed by atoms with E-state index in [0.717, 1.165) is 5.56 Å². The van der Waals surface area contributed by atoms with Crippen LogP contribution < -0.4 is 37.5 Å². The van der Waals surface area contributed by atoms with Gasteiger partial charge in [0.25, 0.3) is 0 Å². The highest BCUT2D eigenvalue weighted by molar-refractivity contribution is 5.94. The van der Waals surface area contributed by atoms with E-state index in [-0.39, 0.29) is 43.4 Å². The number of aliphatic carboxylic acids is 1. The number of nitrogens with zero attached hydrogens (tertiary/aromatic N) is 1. The zero-order valence-corrected chi connectivity index (χ0v) is 25.7. The van der Waals surface area contributed by atoms with Gasteiger partial charge >= 0.3 is 12.1 Å². The molecule has 4 unspecified atom stereocenters. The predicted octanol–water partition coefficient (Wildman–Crippen LogP) is 1.04. The molecule has 0 aliphatic heterocycles. The molecule has 2 aromatic rings. The molecule has 14 heteroatoms. The number of benzene rings is 2. The first-order valence-corrected chi connectivity index (χ1v) is 14.6. The molecule has 0 aliphatic carbocycles. The molecule has 0 fully saturated rings. The number of rotatable bonds is 17. The number of ether oxygens (including phenoxy) is 1. The Balaban J connectivity index is 2.15. The summed E-state index contributed by atoms with van der Waals surface area (Å²) in [4.78, 5) is 67.9. The minimum absolute atomic E-state index is 0.0480. The standard InChI is InChI=1S/C31H43N7O7/c1-19(2)17-24(27(40)36-23(29(42)43)15-10-16-34-30(32)33)38-28(41)25(18-21-11-6-4-7-12-21)37-26(39)20(3)35-31(44)45-22-13-8-5-9-14-22/h4-9,11-14,19-20,23-25H,10,15-18H2,1-3H3,(H,35,44)(H,36,40)(H,37,39)(H,38,41)(H,42,43)(H4,32,33,34). The van der Waals surface area contributed by atoms with Crippen molar-refractivity contribution in [1.82, 2.24) is 21.3 Å². The van der Waals surface area contributed by atoms with Crippen LogP contribution in [-0.2, 0) is 25.6 Å². The van der Waals surface area contributed by atoms with Crippen LogP contribution in [0.1, 0.15) is 45.6 Å². The first-order chi connectivity index (χ1) is 21.3. The molecule has 0 saturated heterocycles. The average molecular weight is 626 g/mol. The minimum Gasteiger partial charge on any atom is -0.480 e. The minimum atomic E-state index is -1.25. The summed E-state index contributed by atoms with van der Waals surface area (Å²) in [5.74, 6) is -3.14. The number of carboxylic acid groups (broad SMARTS) is 1. The fourth-order valence-electron chi connectivity index (χ4n) is 4.23. The molecule has 2 aromatic carbocycles. The maximum atomic E-state index is 13.6. The highest BCUT2D eigenvalue weighted by Gasteiger charge is 2.31. The molecule has 0 radical (unpaired) electrons. The summed E-state index contributed by atoms with van der Waals surface area (Å²) in [7, 11) is 0. The van der Waals surface area contributed by atoms with Crippen LogP contribution in [0.2, 0.25) is 0 Å². The summed E-state index contributed by atoms with van der Waals surface area (Å²) in [5, 5.41) is 19.9. The van der Waals surface area contributed by atoms with Gasteiger partial charge in [-0.15, -0.1) is 0 Å². The largest absolute Gasteiger partial charge is 0.480 e. The van der Waals surface area contributed by atoms with E-state index in [1.54, 1.807) is 60.7 Å². The fourth-order valence-corrected chi connectivity index (χ4v) is 4.23. The molecule has 244 valence electrons. The number of nitrogens with one attached hydrogen (secondary N) is 4. The lowest BCUT2D eigenvalue weighted by Gasteiger charge is -2.26. The third-order valence-corrected chi connectivity index (χ3v) is 6.50. The second-order valence-electron chi connectivity index (χ2n) is 10.9. The van der Waals surface area contributed by atoms with Gasteiger partial charge in [0.15, 0.2) is 5.96 Å². The number of carbonyl (C=O) groups excluding carboxylic acids is 4. The Labute approximate surface area is 262 Å². The van der Waals surface area contributed by atoms with Gasteiger partial charge in [-0.05, 0) is 49.8 Å². The molecule has 0 heterocycles. The Kier molecular flexibility index (Phi) is 14.8. The molecule has 4 amide bonds. The molecule has 0 saturated carbocycles. The first kappa shape index (κ1) is 36.1. The monoisotopic (exact) mass is 625 g/mol. The number of nitrogens with two attached hydrogens (primary N) is 2. The van der Waals surface area contributed by atoms with Gasteiger partial charge in [-0.25, -0.2) is 9.59 Å². The zero-order chi connectivity index (χ0) is 33.4. The number of hydrogen-bond acceptors (Lipinski definition) is 7. The summed E-state index contributed by atoms with van der Waals surface area (Å²) in [6.45, 7) is 5.32. The lowest BCUT2D eigenvalue weighted by molar-refractivity contribution is -0.142. The summed E-state index contributed by atoms with van der Waals surface area (Å²) in [6.07, 6.45) is -0.212. The van der Waals surface area contributed by atoms with E-state index in [0.29, 0.717) is 6.42 Å². The quantitative estimate of drug-likeness (QED) is 0.0756. The van der Waals surface area contributed by atoms with Crippen molar-refractivity contribution in [2.24, 2.45) is 22.4 Å². The van der Waals surface area contributed by atoms with Crippen LogP contribution in [0.4, 0.5) is 4.79 Å². The third-order valence-electron chi connectivity index (χ3n) is 6.50. The topological polar surface area (TPSA) is 227 Å². The lowest BCUT2D eigenvalue weighted by Crippen LogP contribution is -2.58. The summed E-state index contributed by atoms with van der Waals surface area (Å²) < 4.78 is 5.18. The van der Waals surface area contributed by atoms with E-state index in [1.807, 2.05) is 13.8 Å². The SMILES string of the molecule is CC(C)CC(NC(=O)C(Cc1ccccc1)NC(=O)C(C)NC(=O)Oc1ccccc1)C(=O)NC(CCCN=C(N)N)C(=O)O. The smallest absolute Gasteiger partial charge is 0.413 e. The Morgan fingerprint density at radius 1 is 0.778 bits per heavy atom. The van der Waals surface area contributed by atoms with Crippen LogP contribution in [-0.4, -0.2) is 71.6 Å². The molecule has 45 heavy (non-hydrogen) atoms. The highest BCUT2D eigenvalue weighted by atomic mass is 16.6. The zero-order valence-electron chi connectivity index (χ0n) is 25.7. The van der Waals surface area contributed by atoms with E-state index in [2.05, 4.69) is 26.3 Å². The van der Waals surface area contributed by atoms with Crippen molar-refractivity contribution in [3.05, 3.63) is 66.2 Å². The molecular formula is C31H43N7O7. The number of guanidine groups is 1. The van der Waals surface area contributed by atoms with E-state index in [1.165, 1.54) is 6.92 Å². The van der Waals surface area contributed by atoms with Gasteiger partial charge in [0.05, 0.1) is 0 Å². The van der Waals surface area contributed by atoms with Gasteiger partial charge < -0.3 is 42.6 Å². The predicted molar refractivity (Wildman–Crippen MR) is 168 cm³/mol. The highest BCUT2D eigenvalue weighted by Crippen LogP contribution is 2.11. The second kappa shape index (κ2) is 18.5. The molecule has 0 bridgehead atoms. The van der Waals surface area contributed by atoms with Crippen LogP contribution in [0, 0.1) is 5.92 Å². The van der Waals surface area contributed by atoms with Crippen LogP contribution in [0.25, 0.3) is 0 Å². The van der Waals surface area contributed by atoms with Crippen molar-refractivity contribution >= 4 is 35.7 Å². The van der Waals surface area contributed by atoms with Crippen LogP contribution in [0.3, 0.4) is 0 Å². The van der Waals surface area contributed by atoms with E-state index in [4.69, 9.17) is 16.2 Å². The number of para-hydroxylation sites is 1. The van der Waals surface area contributed by atoms with Gasteiger partial charge in [-0.1, -0.05) is 62.4 Å². The second-order valence-corrected chi connectivity index (χ2v) is 10.9. The number of carboxylic acids is 1. The number of amides is 4. The maximum absolute atomic E-state index is 13.6. The van der Waals surface area contributed by atoms with Gasteiger partial charge in [0, 0.05) is 13.0 Å². The fraction of sp³-hybridized carbons (Fsp3) is 0.419. The Hall–Kier alpha value is -5.14. The number of hydrogen-bond donors (Lipinski definition) is 7. The Morgan fingerprint density at radius 2 is 1.33 bits per heavy atom. The molecule has 14 nitrogen and oxygen atoms in total. The van der Waals surface area contributed by atoms with E-state index in [9.17, 15) is 29.1 Å². The summed E-state index contributed by atoms with van der Waals surface area (Å²) >= 11 is 0. The molecule has 4 atom stereocenters. The summed E-state index contributed by atoms with van der Waals surface area (Å²) in [6, 6.07) is 12.7. The Morgan fingerprint density at radius 3 is 1.91 bits per heavy atom. The summed E-state index contributed by atoms with van der Waals surface area (Å²) in [5.41, 5.74) is 11.3. The van der Waals surface area contributed by atoms with Crippen molar-refractivity contribution in [1.29, 1.82) is 0 Å². The number of carbonyl (C=O) groups is 5. The van der Waals surface area contributed by atoms with Crippen molar-refractivity contribution in [2.75, 3.05) is 6.54 Å². The van der Waals surface area contributed by atoms with Crippen molar-refractivity contribution in [2.45, 2.75) is 70.6 Å². The molecular weight excluding hydrogens is 582 g/mol. The van der Waals surface area contributed by atoms with E-state index < -0.39 is 54.0 Å². The van der Waals surface area contributed by atoms with Gasteiger partial charge in [0.1, 0.15) is 29.9 Å². The molecule has 0 spiro atoms. The van der Waals surface area contributed by atoms with E-state index >= 15 is 0 Å². The molecule has 2 rings (SSSR count).